The van der Waals surface area contributed by atoms with Gasteiger partial charge in [0.25, 0.3) is 5.56 Å². The van der Waals surface area contributed by atoms with E-state index in [2.05, 4.69) is 10.3 Å². The molecule has 0 bridgehead atoms. The summed E-state index contributed by atoms with van der Waals surface area (Å²) in [4.78, 5) is 27.1. The van der Waals surface area contributed by atoms with E-state index in [9.17, 15) is 9.59 Å². The standard InChI is InChI=1S/C20H17N3O2/c1-13-5-7-18-16(9-13)11-15(20(25)23-18)6-8-19(24)22-17-4-2-3-14(10-17)12-21/h2-5,7,9-11H,6,8H2,1H3,(H,22,24)(H,23,25). The zero-order chi connectivity index (χ0) is 17.8. The van der Waals surface area contributed by atoms with Gasteiger partial charge in [0.1, 0.15) is 0 Å². The average Bonchev–Trinajstić information content (AvgIpc) is 2.60. The molecule has 2 N–H and O–H groups in total. The Hall–Kier alpha value is -3.39. The predicted molar refractivity (Wildman–Crippen MR) is 97.4 cm³/mol. The lowest BCUT2D eigenvalue weighted by Crippen LogP contribution is -2.17. The van der Waals surface area contributed by atoms with Crippen LogP contribution in [0.2, 0.25) is 0 Å². The van der Waals surface area contributed by atoms with Crippen LogP contribution < -0.4 is 10.9 Å². The summed E-state index contributed by atoms with van der Waals surface area (Å²) >= 11 is 0. The van der Waals surface area contributed by atoms with Gasteiger partial charge in [0.05, 0.1) is 11.6 Å². The topological polar surface area (TPSA) is 85.8 Å². The van der Waals surface area contributed by atoms with E-state index in [0.29, 0.717) is 23.2 Å². The number of aromatic amines is 1. The number of carbonyl (C=O) groups excluding carboxylic acids is 1. The van der Waals surface area contributed by atoms with Gasteiger partial charge in [-0.3, -0.25) is 9.59 Å². The minimum absolute atomic E-state index is 0.171. The fraction of sp³-hybridized carbons (Fsp3) is 0.150. The lowest BCUT2D eigenvalue weighted by molar-refractivity contribution is -0.116. The zero-order valence-corrected chi connectivity index (χ0v) is 13.8. The molecule has 0 spiro atoms. The van der Waals surface area contributed by atoms with E-state index in [4.69, 9.17) is 5.26 Å². The minimum atomic E-state index is -0.196. The molecule has 0 atom stereocenters. The van der Waals surface area contributed by atoms with E-state index in [0.717, 1.165) is 16.5 Å². The molecule has 0 saturated heterocycles. The number of H-pyrrole nitrogens is 1. The van der Waals surface area contributed by atoms with Crippen molar-refractivity contribution in [3.05, 3.63) is 75.6 Å². The van der Waals surface area contributed by atoms with Gasteiger partial charge in [-0.15, -0.1) is 0 Å². The van der Waals surface area contributed by atoms with Crippen LogP contribution in [0.1, 0.15) is 23.1 Å². The van der Waals surface area contributed by atoms with E-state index in [1.807, 2.05) is 37.3 Å². The summed E-state index contributed by atoms with van der Waals surface area (Å²) in [6.45, 7) is 1.99. The van der Waals surface area contributed by atoms with Gasteiger partial charge in [-0.2, -0.15) is 5.26 Å². The summed E-state index contributed by atoms with van der Waals surface area (Å²) in [5, 5.41) is 12.6. The van der Waals surface area contributed by atoms with Crippen LogP contribution in [0, 0.1) is 18.3 Å². The highest BCUT2D eigenvalue weighted by Crippen LogP contribution is 2.14. The fourth-order valence-corrected chi connectivity index (χ4v) is 2.70. The van der Waals surface area contributed by atoms with Crippen LogP contribution in [0.3, 0.4) is 0 Å². The van der Waals surface area contributed by atoms with Crippen molar-refractivity contribution in [2.45, 2.75) is 19.8 Å². The van der Waals surface area contributed by atoms with E-state index < -0.39 is 0 Å². The van der Waals surface area contributed by atoms with Crippen molar-refractivity contribution in [1.29, 1.82) is 5.26 Å². The first-order valence-corrected chi connectivity index (χ1v) is 7.98. The number of aryl methyl sites for hydroxylation is 2. The maximum Gasteiger partial charge on any atom is 0.251 e. The number of aromatic nitrogens is 1. The normalized spacial score (nSPS) is 10.4. The first-order valence-electron chi connectivity index (χ1n) is 7.98. The number of carbonyl (C=O) groups is 1. The Bertz CT molecular complexity index is 1040. The summed E-state index contributed by atoms with van der Waals surface area (Å²) in [7, 11) is 0. The lowest BCUT2D eigenvalue weighted by atomic mass is 10.1. The van der Waals surface area contributed by atoms with Gasteiger partial charge in [-0.05, 0) is 55.1 Å². The number of nitriles is 1. The Kier molecular flexibility index (Phi) is 4.62. The molecule has 25 heavy (non-hydrogen) atoms. The number of nitrogens with one attached hydrogen (secondary N) is 2. The summed E-state index contributed by atoms with van der Waals surface area (Å²) in [5.74, 6) is -0.196. The Morgan fingerprint density at radius 2 is 2.04 bits per heavy atom. The SMILES string of the molecule is Cc1ccc2[nH]c(=O)c(CCC(=O)Nc3cccc(C#N)c3)cc2c1. The zero-order valence-electron chi connectivity index (χ0n) is 13.8. The highest BCUT2D eigenvalue weighted by atomic mass is 16.1. The largest absolute Gasteiger partial charge is 0.326 e. The predicted octanol–water partition coefficient (Wildman–Crippen LogP) is 3.28. The Morgan fingerprint density at radius 3 is 2.84 bits per heavy atom. The molecule has 3 rings (SSSR count). The Balaban J connectivity index is 1.71. The van der Waals surface area contributed by atoms with Gasteiger partial charge in [0.15, 0.2) is 0 Å². The molecule has 1 heterocycles. The second-order valence-corrected chi connectivity index (χ2v) is 5.96. The Morgan fingerprint density at radius 1 is 1.20 bits per heavy atom. The molecule has 3 aromatic rings. The number of anilines is 1. The number of nitrogens with zero attached hydrogens (tertiary/aromatic N) is 1. The number of amides is 1. The quantitative estimate of drug-likeness (QED) is 0.769. The van der Waals surface area contributed by atoms with Crippen molar-refractivity contribution in [2.24, 2.45) is 0 Å². The van der Waals surface area contributed by atoms with Gasteiger partial charge < -0.3 is 10.3 Å². The summed E-state index contributed by atoms with van der Waals surface area (Å²) in [6.07, 6.45) is 0.542. The number of hydrogen-bond acceptors (Lipinski definition) is 3. The van der Waals surface area contributed by atoms with Crippen LogP contribution in [0.15, 0.2) is 53.3 Å². The molecular formula is C20H17N3O2. The first-order chi connectivity index (χ1) is 12.0. The van der Waals surface area contributed by atoms with Crippen molar-refractivity contribution >= 4 is 22.5 Å². The fourth-order valence-electron chi connectivity index (χ4n) is 2.70. The van der Waals surface area contributed by atoms with E-state index in [1.54, 1.807) is 24.3 Å². The van der Waals surface area contributed by atoms with E-state index in [1.165, 1.54) is 0 Å². The number of pyridine rings is 1. The Labute approximate surface area is 144 Å². The van der Waals surface area contributed by atoms with E-state index in [-0.39, 0.29) is 17.9 Å². The minimum Gasteiger partial charge on any atom is -0.326 e. The molecule has 5 heteroatoms. The third kappa shape index (κ3) is 3.93. The molecule has 2 aromatic carbocycles. The number of fused-ring (bicyclic) bond motifs is 1. The monoisotopic (exact) mass is 331 g/mol. The maximum absolute atomic E-state index is 12.1. The van der Waals surface area contributed by atoms with Crippen molar-refractivity contribution in [2.75, 3.05) is 5.32 Å². The molecule has 0 unspecified atom stereocenters. The molecule has 1 aromatic heterocycles. The summed E-state index contributed by atoms with van der Waals surface area (Å²) < 4.78 is 0. The molecule has 5 nitrogen and oxygen atoms in total. The smallest absolute Gasteiger partial charge is 0.251 e. The third-order valence-electron chi connectivity index (χ3n) is 3.97. The van der Waals surface area contributed by atoms with Crippen LogP contribution in [0.25, 0.3) is 10.9 Å². The van der Waals surface area contributed by atoms with Crippen molar-refractivity contribution in [1.82, 2.24) is 4.98 Å². The maximum atomic E-state index is 12.1. The summed E-state index contributed by atoms with van der Waals surface area (Å²) in [5.41, 5.74) is 3.37. The molecule has 0 aliphatic heterocycles. The van der Waals surface area contributed by atoms with Gasteiger partial charge in [0, 0.05) is 23.2 Å². The van der Waals surface area contributed by atoms with Crippen molar-refractivity contribution in [3.8, 4) is 6.07 Å². The van der Waals surface area contributed by atoms with Crippen LogP contribution in [0.4, 0.5) is 5.69 Å². The average molecular weight is 331 g/mol. The molecule has 1 amide bonds. The van der Waals surface area contributed by atoms with Crippen molar-refractivity contribution < 1.29 is 4.79 Å². The summed E-state index contributed by atoms with van der Waals surface area (Å²) in [6, 6.07) is 16.4. The lowest BCUT2D eigenvalue weighted by Gasteiger charge is -2.06. The second-order valence-electron chi connectivity index (χ2n) is 5.96. The van der Waals surface area contributed by atoms with Crippen LogP contribution in [-0.4, -0.2) is 10.9 Å². The molecule has 0 radical (unpaired) electrons. The molecule has 0 aliphatic rings. The third-order valence-corrected chi connectivity index (χ3v) is 3.97. The highest BCUT2D eigenvalue weighted by Gasteiger charge is 2.08. The van der Waals surface area contributed by atoms with Gasteiger partial charge in [-0.25, -0.2) is 0 Å². The molecule has 0 fully saturated rings. The van der Waals surface area contributed by atoms with Crippen LogP contribution >= 0.6 is 0 Å². The van der Waals surface area contributed by atoms with Gasteiger partial charge in [-0.1, -0.05) is 17.7 Å². The number of rotatable bonds is 4. The van der Waals surface area contributed by atoms with Crippen LogP contribution in [0.5, 0.6) is 0 Å². The second kappa shape index (κ2) is 7.02. The van der Waals surface area contributed by atoms with Gasteiger partial charge in [0.2, 0.25) is 5.91 Å². The molecule has 0 aliphatic carbocycles. The first kappa shape index (κ1) is 16.5. The number of benzene rings is 2. The van der Waals surface area contributed by atoms with Gasteiger partial charge >= 0.3 is 0 Å². The molecular weight excluding hydrogens is 314 g/mol. The molecule has 0 saturated carbocycles. The number of hydrogen-bond donors (Lipinski definition) is 2. The van der Waals surface area contributed by atoms with Crippen molar-refractivity contribution in [3.63, 3.8) is 0 Å². The van der Waals surface area contributed by atoms with E-state index >= 15 is 0 Å². The highest BCUT2D eigenvalue weighted by molar-refractivity contribution is 5.91. The molecule has 124 valence electrons. The van der Waals surface area contributed by atoms with Crippen LogP contribution in [-0.2, 0) is 11.2 Å².